The van der Waals surface area contributed by atoms with Crippen molar-refractivity contribution >= 4 is 17.3 Å². The third kappa shape index (κ3) is 4.06. The van der Waals surface area contributed by atoms with Crippen LogP contribution in [0.5, 0.6) is 5.75 Å². The van der Waals surface area contributed by atoms with E-state index >= 15 is 0 Å². The number of nitrogens with one attached hydrogen (secondary N) is 1. The largest absolute Gasteiger partial charge is 0.477 e. The molecule has 23 heavy (non-hydrogen) atoms. The summed E-state index contributed by atoms with van der Waals surface area (Å²) in [6, 6.07) is 11.8. The molecule has 0 aliphatic heterocycles. The molecule has 2 aromatic carbocycles. The molecule has 6 heteroatoms. The van der Waals surface area contributed by atoms with Crippen molar-refractivity contribution in [3.05, 3.63) is 63.7 Å². The number of nitro groups is 1. The van der Waals surface area contributed by atoms with Gasteiger partial charge in [-0.1, -0.05) is 37.3 Å². The van der Waals surface area contributed by atoms with E-state index in [-0.39, 0.29) is 24.0 Å². The van der Waals surface area contributed by atoms with Crippen molar-refractivity contribution in [2.45, 2.75) is 20.3 Å². The van der Waals surface area contributed by atoms with Gasteiger partial charge in [0.05, 0.1) is 4.92 Å². The minimum Gasteiger partial charge on any atom is -0.477 e. The van der Waals surface area contributed by atoms with Crippen molar-refractivity contribution in [2.75, 3.05) is 11.9 Å². The molecule has 2 aromatic rings. The van der Waals surface area contributed by atoms with Crippen LogP contribution in [-0.4, -0.2) is 17.4 Å². The maximum atomic E-state index is 12.1. The van der Waals surface area contributed by atoms with E-state index in [1.165, 1.54) is 12.1 Å². The normalized spacial score (nSPS) is 10.2. The molecular weight excluding hydrogens is 296 g/mol. The Morgan fingerprint density at radius 3 is 2.65 bits per heavy atom. The van der Waals surface area contributed by atoms with E-state index in [4.69, 9.17) is 4.74 Å². The van der Waals surface area contributed by atoms with Gasteiger partial charge in [-0.2, -0.15) is 0 Å². The number of nitrogens with zero attached hydrogens (tertiary/aromatic N) is 1. The summed E-state index contributed by atoms with van der Waals surface area (Å²) in [5.41, 5.74) is 2.60. The van der Waals surface area contributed by atoms with Crippen LogP contribution >= 0.6 is 0 Å². The van der Waals surface area contributed by atoms with Crippen molar-refractivity contribution in [3.8, 4) is 5.75 Å². The van der Waals surface area contributed by atoms with Crippen molar-refractivity contribution in [1.82, 2.24) is 0 Å². The van der Waals surface area contributed by atoms with Gasteiger partial charge in [0, 0.05) is 11.8 Å². The molecule has 0 unspecified atom stereocenters. The molecule has 0 saturated carbocycles. The fourth-order valence-electron chi connectivity index (χ4n) is 2.25. The summed E-state index contributed by atoms with van der Waals surface area (Å²) in [7, 11) is 0. The predicted octanol–water partition coefficient (Wildman–Crippen LogP) is 3.48. The molecule has 0 atom stereocenters. The standard InChI is InChI=1S/C17H18N2O4/c1-3-13-8-6-7-12(2)17(13)18-16(20)11-23-15-10-5-4-9-14(15)19(21)22/h4-10H,3,11H2,1-2H3,(H,18,20). The molecule has 0 saturated heterocycles. The monoisotopic (exact) mass is 314 g/mol. The molecule has 6 nitrogen and oxygen atoms in total. The van der Waals surface area contributed by atoms with Crippen LogP contribution in [0.3, 0.4) is 0 Å². The third-order valence-electron chi connectivity index (χ3n) is 3.43. The van der Waals surface area contributed by atoms with Crippen LogP contribution in [0.2, 0.25) is 0 Å². The summed E-state index contributed by atoms with van der Waals surface area (Å²) in [5, 5.41) is 13.7. The molecule has 0 heterocycles. The first-order valence-electron chi connectivity index (χ1n) is 7.27. The minimum atomic E-state index is -0.538. The average Bonchev–Trinajstić information content (AvgIpc) is 2.55. The van der Waals surface area contributed by atoms with Gasteiger partial charge >= 0.3 is 5.69 Å². The van der Waals surface area contributed by atoms with Gasteiger partial charge < -0.3 is 10.1 Å². The molecule has 0 fully saturated rings. The number of amides is 1. The zero-order valence-corrected chi connectivity index (χ0v) is 13.0. The quantitative estimate of drug-likeness (QED) is 0.653. The Balaban J connectivity index is 2.06. The highest BCUT2D eigenvalue weighted by molar-refractivity contribution is 5.93. The number of aryl methyl sites for hydroxylation is 2. The highest BCUT2D eigenvalue weighted by atomic mass is 16.6. The first-order valence-corrected chi connectivity index (χ1v) is 7.27. The molecule has 1 amide bonds. The highest BCUT2D eigenvalue weighted by Gasteiger charge is 2.15. The molecule has 0 aliphatic rings. The summed E-state index contributed by atoms with van der Waals surface area (Å²) >= 11 is 0. The number of para-hydroxylation sites is 3. The van der Waals surface area contributed by atoms with Crippen molar-refractivity contribution in [1.29, 1.82) is 0 Å². The van der Waals surface area contributed by atoms with Gasteiger partial charge in [-0.05, 0) is 30.5 Å². The number of hydrogen-bond donors (Lipinski definition) is 1. The molecule has 1 N–H and O–H groups in total. The van der Waals surface area contributed by atoms with E-state index in [1.54, 1.807) is 12.1 Å². The number of ether oxygens (including phenoxy) is 1. The Morgan fingerprint density at radius 1 is 1.22 bits per heavy atom. The lowest BCUT2D eigenvalue weighted by atomic mass is 10.1. The van der Waals surface area contributed by atoms with Crippen molar-refractivity contribution < 1.29 is 14.5 Å². The summed E-state index contributed by atoms with van der Waals surface area (Å²) < 4.78 is 5.29. The fourth-order valence-corrected chi connectivity index (χ4v) is 2.25. The molecule has 0 aliphatic carbocycles. The zero-order valence-electron chi connectivity index (χ0n) is 13.0. The van der Waals surface area contributed by atoms with Gasteiger partial charge in [-0.3, -0.25) is 14.9 Å². The minimum absolute atomic E-state index is 0.0770. The number of carbonyl (C=O) groups excluding carboxylic acids is 1. The number of benzene rings is 2. The SMILES string of the molecule is CCc1cccc(C)c1NC(=O)COc1ccccc1[N+](=O)[O-]. The second kappa shape index (κ2) is 7.40. The molecule has 0 bridgehead atoms. The maximum absolute atomic E-state index is 12.1. The van der Waals surface area contributed by atoms with Gasteiger partial charge in [0.15, 0.2) is 12.4 Å². The van der Waals surface area contributed by atoms with Gasteiger partial charge in [-0.15, -0.1) is 0 Å². The Bertz CT molecular complexity index is 728. The average molecular weight is 314 g/mol. The Hall–Kier alpha value is -2.89. The Morgan fingerprint density at radius 2 is 1.96 bits per heavy atom. The fraction of sp³-hybridized carbons (Fsp3) is 0.235. The smallest absolute Gasteiger partial charge is 0.310 e. The Kier molecular flexibility index (Phi) is 5.30. The van der Waals surface area contributed by atoms with Crippen LogP contribution in [0.15, 0.2) is 42.5 Å². The van der Waals surface area contributed by atoms with Gasteiger partial charge in [-0.25, -0.2) is 0 Å². The maximum Gasteiger partial charge on any atom is 0.310 e. The van der Waals surface area contributed by atoms with Crippen molar-refractivity contribution in [2.24, 2.45) is 0 Å². The predicted molar refractivity (Wildman–Crippen MR) is 87.8 cm³/mol. The van der Waals surface area contributed by atoms with E-state index in [0.29, 0.717) is 0 Å². The van der Waals surface area contributed by atoms with E-state index in [2.05, 4.69) is 5.32 Å². The lowest BCUT2D eigenvalue weighted by Crippen LogP contribution is -2.21. The lowest BCUT2D eigenvalue weighted by Gasteiger charge is -2.13. The lowest BCUT2D eigenvalue weighted by molar-refractivity contribution is -0.385. The number of hydrogen-bond acceptors (Lipinski definition) is 4. The number of carbonyl (C=O) groups is 1. The van der Waals surface area contributed by atoms with Crippen LogP contribution < -0.4 is 10.1 Å². The highest BCUT2D eigenvalue weighted by Crippen LogP contribution is 2.26. The third-order valence-corrected chi connectivity index (χ3v) is 3.43. The van der Waals surface area contributed by atoms with Crippen LogP contribution in [0.1, 0.15) is 18.1 Å². The van der Waals surface area contributed by atoms with Gasteiger partial charge in [0.1, 0.15) is 0 Å². The molecule has 2 rings (SSSR count). The summed E-state index contributed by atoms with van der Waals surface area (Å²) in [5.74, 6) is -0.278. The van der Waals surface area contributed by atoms with Gasteiger partial charge in [0.25, 0.3) is 5.91 Å². The van der Waals surface area contributed by atoms with E-state index in [1.807, 2.05) is 32.0 Å². The van der Waals surface area contributed by atoms with Crippen LogP contribution in [0.4, 0.5) is 11.4 Å². The van der Waals surface area contributed by atoms with Crippen molar-refractivity contribution in [3.63, 3.8) is 0 Å². The van der Waals surface area contributed by atoms with E-state index in [9.17, 15) is 14.9 Å². The number of nitro benzene ring substituents is 1. The van der Waals surface area contributed by atoms with Gasteiger partial charge in [0.2, 0.25) is 0 Å². The van der Waals surface area contributed by atoms with E-state index in [0.717, 1.165) is 23.2 Å². The van der Waals surface area contributed by atoms with Crippen LogP contribution in [0.25, 0.3) is 0 Å². The molecule has 0 spiro atoms. The first-order chi connectivity index (χ1) is 11.0. The zero-order chi connectivity index (χ0) is 16.8. The summed E-state index contributed by atoms with van der Waals surface area (Å²) in [4.78, 5) is 22.5. The molecule has 0 aromatic heterocycles. The number of anilines is 1. The summed E-state index contributed by atoms with van der Waals surface area (Å²) in [6.07, 6.45) is 0.794. The number of rotatable bonds is 6. The first kappa shape index (κ1) is 16.5. The molecule has 120 valence electrons. The molecular formula is C17H18N2O4. The Labute approximate surface area is 134 Å². The van der Waals surface area contributed by atoms with E-state index < -0.39 is 4.92 Å². The topological polar surface area (TPSA) is 81.5 Å². The summed E-state index contributed by atoms with van der Waals surface area (Å²) in [6.45, 7) is 3.63. The van der Waals surface area contributed by atoms with Crippen LogP contribution in [0, 0.1) is 17.0 Å². The second-order valence-corrected chi connectivity index (χ2v) is 5.02. The molecule has 0 radical (unpaired) electrons. The second-order valence-electron chi connectivity index (χ2n) is 5.02. The van der Waals surface area contributed by atoms with Crippen LogP contribution in [-0.2, 0) is 11.2 Å².